The Labute approximate surface area is 362 Å². The average Bonchev–Trinajstić information content (AvgIpc) is 4.04. The van der Waals surface area contributed by atoms with Gasteiger partial charge in [-0.25, -0.2) is 14.2 Å². The quantitative estimate of drug-likeness (QED) is 0.0864. The Hall–Kier alpha value is -5.98. The standard InChI is InChI=1S/C49H59N5O8/c1-30-26-43(55)54(46(58)32-21-22-32)42-28-33(23-24-34(30)42)51-44(56)40(20-12-13-25-50-47(59)62-49(2,3)4)52-45(57)41(27-31-14-6-5-7-15-31)53-48(60)61-29-39-37-18-10-8-16-35(37)36-17-9-11-19-38(36)39/h8-11,16-19,23-24,26,28,31-32,39-41H,5-7,12-15,20-22,25,27,29H2,1-4H3,(H,50,59)(H,51,56)(H,52,57)(H,53,60)/t40-,41-/m0/s1. The molecule has 4 amide bonds. The number of pyridine rings is 1. The summed E-state index contributed by atoms with van der Waals surface area (Å²) in [7, 11) is 0. The van der Waals surface area contributed by atoms with Crippen LogP contribution in [0.15, 0.2) is 77.6 Å². The van der Waals surface area contributed by atoms with Gasteiger partial charge in [-0.1, -0.05) is 86.7 Å². The predicted molar refractivity (Wildman–Crippen MR) is 238 cm³/mol. The molecule has 1 aromatic heterocycles. The molecule has 0 unspecified atom stereocenters. The second-order valence-electron chi connectivity index (χ2n) is 18.1. The number of amides is 4. The Kier molecular flexibility index (Phi) is 13.8. The van der Waals surface area contributed by atoms with Crippen molar-refractivity contribution < 1.29 is 33.4 Å². The number of alkyl carbamates (subject to hydrolysis) is 2. The maximum absolute atomic E-state index is 14.3. The number of ether oxygens (including phenoxy) is 2. The lowest BCUT2D eigenvalue weighted by atomic mass is 9.84. The zero-order chi connectivity index (χ0) is 44.0. The number of hydrogen-bond acceptors (Lipinski definition) is 8. The van der Waals surface area contributed by atoms with Gasteiger partial charge in [0, 0.05) is 35.5 Å². The molecule has 3 aromatic carbocycles. The number of fused-ring (bicyclic) bond motifs is 4. The number of unbranched alkanes of at least 4 members (excludes halogenated alkanes) is 1. The number of carbonyl (C=O) groups excluding carboxylic acids is 5. The van der Waals surface area contributed by atoms with Gasteiger partial charge in [0.2, 0.25) is 17.7 Å². The van der Waals surface area contributed by atoms with Crippen LogP contribution in [0, 0.1) is 18.8 Å². The number of aromatic nitrogens is 1. The van der Waals surface area contributed by atoms with Crippen molar-refractivity contribution in [2.45, 2.75) is 122 Å². The summed E-state index contributed by atoms with van der Waals surface area (Å²) in [5.41, 5.74) is 4.76. The fraction of sp³-hybridized carbons (Fsp3) is 0.469. The molecular weight excluding hydrogens is 787 g/mol. The van der Waals surface area contributed by atoms with E-state index in [1.807, 2.05) is 36.4 Å². The molecule has 3 aliphatic carbocycles. The van der Waals surface area contributed by atoms with Crippen molar-refractivity contribution >= 4 is 46.5 Å². The number of anilines is 1. The van der Waals surface area contributed by atoms with Crippen molar-refractivity contribution in [2.24, 2.45) is 11.8 Å². The number of rotatable bonds is 15. The lowest BCUT2D eigenvalue weighted by Gasteiger charge is -2.28. The molecule has 0 saturated heterocycles. The highest BCUT2D eigenvalue weighted by molar-refractivity contribution is 6.01. The van der Waals surface area contributed by atoms with Gasteiger partial charge in [-0.3, -0.25) is 19.2 Å². The smallest absolute Gasteiger partial charge is 0.407 e. The molecule has 13 heteroatoms. The van der Waals surface area contributed by atoms with Crippen LogP contribution in [0.5, 0.6) is 0 Å². The van der Waals surface area contributed by atoms with E-state index in [4.69, 9.17) is 9.47 Å². The van der Waals surface area contributed by atoms with Gasteiger partial charge in [-0.2, -0.15) is 0 Å². The first-order valence-electron chi connectivity index (χ1n) is 22.2. The summed E-state index contributed by atoms with van der Waals surface area (Å²) in [5, 5.41) is 12.2. The summed E-state index contributed by atoms with van der Waals surface area (Å²) >= 11 is 0. The minimum Gasteiger partial charge on any atom is -0.449 e. The van der Waals surface area contributed by atoms with E-state index in [9.17, 15) is 28.8 Å². The maximum atomic E-state index is 14.3. The summed E-state index contributed by atoms with van der Waals surface area (Å²) in [6.07, 6.45) is 6.81. The molecule has 62 heavy (non-hydrogen) atoms. The number of nitrogens with zero attached hydrogens (tertiary/aromatic N) is 1. The molecule has 4 N–H and O–H groups in total. The third-order valence-electron chi connectivity index (χ3n) is 12.1. The van der Waals surface area contributed by atoms with Crippen LogP contribution in [-0.4, -0.2) is 65.3 Å². The molecule has 13 nitrogen and oxygen atoms in total. The number of benzene rings is 3. The van der Waals surface area contributed by atoms with Crippen LogP contribution < -0.4 is 26.8 Å². The second kappa shape index (κ2) is 19.4. The summed E-state index contributed by atoms with van der Waals surface area (Å²) < 4.78 is 12.4. The maximum Gasteiger partial charge on any atom is 0.407 e. The molecule has 1 heterocycles. The van der Waals surface area contributed by atoms with Gasteiger partial charge in [-0.05, 0) is 112 Å². The summed E-state index contributed by atoms with van der Waals surface area (Å²) in [4.78, 5) is 80.8. The molecule has 0 radical (unpaired) electrons. The van der Waals surface area contributed by atoms with Crippen LogP contribution in [0.4, 0.5) is 15.3 Å². The van der Waals surface area contributed by atoms with Gasteiger partial charge in [0.05, 0.1) is 5.52 Å². The van der Waals surface area contributed by atoms with Crippen LogP contribution in [0.3, 0.4) is 0 Å². The highest BCUT2D eigenvalue weighted by Gasteiger charge is 2.34. The summed E-state index contributed by atoms with van der Waals surface area (Å²) in [5.74, 6) is -1.43. The number of nitrogens with one attached hydrogen (secondary N) is 4. The van der Waals surface area contributed by atoms with E-state index in [1.54, 1.807) is 45.9 Å². The lowest BCUT2D eigenvalue weighted by Crippen LogP contribution is -2.53. The molecule has 4 aromatic rings. The first kappa shape index (κ1) is 44.1. The van der Waals surface area contributed by atoms with Crippen LogP contribution in [-0.2, 0) is 19.1 Å². The first-order chi connectivity index (χ1) is 29.8. The Morgan fingerprint density at radius 3 is 2.11 bits per heavy atom. The highest BCUT2D eigenvalue weighted by atomic mass is 16.6. The van der Waals surface area contributed by atoms with Crippen molar-refractivity contribution in [1.82, 2.24) is 20.5 Å². The molecule has 3 aliphatic rings. The van der Waals surface area contributed by atoms with Crippen molar-refractivity contribution in [3.8, 4) is 11.1 Å². The summed E-state index contributed by atoms with van der Waals surface area (Å²) in [6.45, 7) is 7.53. The second-order valence-corrected chi connectivity index (χ2v) is 18.1. The Morgan fingerprint density at radius 1 is 0.774 bits per heavy atom. The minimum absolute atomic E-state index is 0.0887. The van der Waals surface area contributed by atoms with Gasteiger partial charge in [-0.15, -0.1) is 0 Å². The first-order valence-corrected chi connectivity index (χ1v) is 22.2. The molecule has 7 rings (SSSR count). The molecule has 2 fully saturated rings. The van der Waals surface area contributed by atoms with Gasteiger partial charge >= 0.3 is 12.2 Å². The van der Waals surface area contributed by atoms with Crippen molar-refractivity contribution in [2.75, 3.05) is 18.5 Å². The molecule has 328 valence electrons. The predicted octanol–water partition coefficient (Wildman–Crippen LogP) is 8.36. The zero-order valence-electron chi connectivity index (χ0n) is 36.2. The normalized spacial score (nSPS) is 16.1. The largest absolute Gasteiger partial charge is 0.449 e. The fourth-order valence-corrected chi connectivity index (χ4v) is 8.83. The Balaban J connectivity index is 1.07. The SMILES string of the molecule is Cc1cc(=O)n(C(=O)C2CC2)c2cc(NC(=O)[C@H](CCCCNC(=O)OC(C)(C)C)NC(=O)[C@H](CC3CCCCC3)NC(=O)OCC3c4ccccc4-c4ccccc43)ccc12. The monoisotopic (exact) mass is 845 g/mol. The van der Waals surface area contributed by atoms with Crippen LogP contribution in [0.2, 0.25) is 0 Å². The fourth-order valence-electron chi connectivity index (χ4n) is 8.83. The topological polar surface area (TPSA) is 174 Å². The zero-order valence-corrected chi connectivity index (χ0v) is 36.2. The average molecular weight is 846 g/mol. The minimum atomic E-state index is -1.04. The third-order valence-corrected chi connectivity index (χ3v) is 12.1. The molecule has 0 aliphatic heterocycles. The van der Waals surface area contributed by atoms with E-state index >= 15 is 0 Å². The molecular formula is C49H59N5O8. The van der Waals surface area contributed by atoms with Crippen LogP contribution in [0.1, 0.15) is 119 Å². The van der Waals surface area contributed by atoms with Crippen LogP contribution in [0.25, 0.3) is 22.0 Å². The summed E-state index contributed by atoms with van der Waals surface area (Å²) in [6, 6.07) is 20.7. The van der Waals surface area contributed by atoms with E-state index in [0.29, 0.717) is 48.0 Å². The van der Waals surface area contributed by atoms with E-state index in [-0.39, 0.29) is 36.7 Å². The number of carbonyl (C=O) groups is 5. The van der Waals surface area contributed by atoms with Crippen LogP contribution >= 0.6 is 0 Å². The van der Waals surface area contributed by atoms with E-state index in [1.165, 1.54) is 10.6 Å². The van der Waals surface area contributed by atoms with Gasteiger partial charge < -0.3 is 30.7 Å². The van der Waals surface area contributed by atoms with Crippen molar-refractivity contribution in [1.29, 1.82) is 0 Å². The molecule has 0 spiro atoms. The Morgan fingerprint density at radius 2 is 1.45 bits per heavy atom. The van der Waals surface area contributed by atoms with Crippen molar-refractivity contribution in [3.63, 3.8) is 0 Å². The lowest BCUT2D eigenvalue weighted by molar-refractivity contribution is -0.128. The highest BCUT2D eigenvalue weighted by Crippen LogP contribution is 2.44. The van der Waals surface area contributed by atoms with Gasteiger partial charge in [0.15, 0.2) is 0 Å². The molecule has 0 bridgehead atoms. The number of hydrogen-bond donors (Lipinski definition) is 4. The molecule has 2 saturated carbocycles. The van der Waals surface area contributed by atoms with E-state index < -0.39 is 47.2 Å². The number of aryl methyl sites for hydroxylation is 1. The van der Waals surface area contributed by atoms with Crippen molar-refractivity contribution in [3.05, 3.63) is 99.8 Å². The third kappa shape index (κ3) is 10.9. The molecule has 2 atom stereocenters. The van der Waals surface area contributed by atoms with Gasteiger partial charge in [0.1, 0.15) is 24.3 Å². The van der Waals surface area contributed by atoms with Gasteiger partial charge in [0.25, 0.3) is 5.56 Å². The Bertz CT molecular complexity index is 2330. The van der Waals surface area contributed by atoms with E-state index in [0.717, 1.165) is 67.2 Å². The van der Waals surface area contributed by atoms with E-state index in [2.05, 4.69) is 33.4 Å².